The van der Waals surface area contributed by atoms with E-state index < -0.39 is 0 Å². The van der Waals surface area contributed by atoms with Gasteiger partial charge in [-0.25, -0.2) is 0 Å². The molecule has 0 spiro atoms. The highest BCUT2D eigenvalue weighted by atomic mass is 32.1. The second-order valence-corrected chi connectivity index (χ2v) is 4.61. The number of anilines is 1. The Hall–Kier alpha value is -2.32. The van der Waals surface area contributed by atoms with Crippen LogP contribution in [0.1, 0.15) is 20.0 Å². The Kier molecular flexibility index (Phi) is 4.75. The largest absolute Gasteiger partial charge is 0.351 e. The van der Waals surface area contributed by atoms with Gasteiger partial charge in [-0.05, 0) is 23.7 Å². The van der Waals surface area contributed by atoms with E-state index in [2.05, 4.69) is 20.2 Å². The molecule has 0 fully saturated rings. The Bertz CT molecular complexity index is 600. The number of nitrogens with zero attached hydrogens (tertiary/aromatic N) is 2. The number of hydrogen-bond donors (Lipinski definition) is 3. The van der Waals surface area contributed by atoms with Crippen LogP contribution in [0.15, 0.2) is 30.5 Å². The van der Waals surface area contributed by atoms with Gasteiger partial charge in [-0.3, -0.25) is 9.59 Å². The Morgan fingerprint density at radius 2 is 2.05 bits per heavy atom. The molecule has 0 aliphatic rings. The molecule has 0 saturated heterocycles. The van der Waals surface area contributed by atoms with E-state index in [1.165, 1.54) is 6.20 Å². The van der Waals surface area contributed by atoms with Crippen LogP contribution in [0.3, 0.4) is 0 Å². The van der Waals surface area contributed by atoms with Crippen molar-refractivity contribution in [2.75, 3.05) is 18.4 Å². The van der Waals surface area contributed by atoms with E-state index in [-0.39, 0.29) is 11.8 Å². The Morgan fingerprint density at radius 3 is 2.75 bits per heavy atom. The summed E-state index contributed by atoms with van der Waals surface area (Å²) in [5.74, 6) is -0.632. The zero-order valence-corrected chi connectivity index (χ0v) is 11.3. The number of nitrogens with one attached hydrogen (secondary N) is 2. The minimum atomic E-state index is -0.348. The van der Waals surface area contributed by atoms with Gasteiger partial charge in [0, 0.05) is 13.1 Å². The van der Waals surface area contributed by atoms with Crippen molar-refractivity contribution in [2.24, 2.45) is 5.73 Å². The SMILES string of the molecule is NCCNC(=O)c1ccccc1NC(=O)c1cnns1. The third-order valence-electron chi connectivity index (χ3n) is 2.43. The number of nitrogens with two attached hydrogens (primary N) is 1. The van der Waals surface area contributed by atoms with Crippen LogP contribution in [-0.4, -0.2) is 34.5 Å². The van der Waals surface area contributed by atoms with Gasteiger partial charge in [-0.15, -0.1) is 5.10 Å². The zero-order chi connectivity index (χ0) is 14.4. The first-order valence-electron chi connectivity index (χ1n) is 5.88. The summed E-state index contributed by atoms with van der Waals surface area (Å²) in [6.45, 7) is 0.729. The average molecular weight is 291 g/mol. The van der Waals surface area contributed by atoms with Crippen LogP contribution in [0.2, 0.25) is 0 Å². The highest BCUT2D eigenvalue weighted by Gasteiger charge is 2.14. The summed E-state index contributed by atoms with van der Waals surface area (Å²) >= 11 is 0.988. The molecule has 0 unspecified atom stereocenters. The van der Waals surface area contributed by atoms with Crippen LogP contribution < -0.4 is 16.4 Å². The molecule has 2 rings (SSSR count). The smallest absolute Gasteiger partial charge is 0.269 e. The molecule has 0 aliphatic carbocycles. The summed E-state index contributed by atoms with van der Waals surface area (Å²) in [6, 6.07) is 6.75. The average Bonchev–Trinajstić information content (AvgIpc) is 2.99. The van der Waals surface area contributed by atoms with Crippen molar-refractivity contribution in [2.45, 2.75) is 0 Å². The summed E-state index contributed by atoms with van der Waals surface area (Å²) in [6.07, 6.45) is 1.37. The summed E-state index contributed by atoms with van der Waals surface area (Å²) in [5.41, 5.74) is 6.15. The lowest BCUT2D eigenvalue weighted by atomic mass is 10.1. The maximum Gasteiger partial charge on any atom is 0.269 e. The maximum atomic E-state index is 12.0. The van der Waals surface area contributed by atoms with Crippen LogP contribution in [0.25, 0.3) is 0 Å². The van der Waals surface area contributed by atoms with Gasteiger partial charge in [0.15, 0.2) is 0 Å². The number of hydrogen-bond acceptors (Lipinski definition) is 6. The highest BCUT2D eigenvalue weighted by molar-refractivity contribution is 7.07. The van der Waals surface area contributed by atoms with Gasteiger partial charge in [-0.1, -0.05) is 16.6 Å². The topological polar surface area (TPSA) is 110 Å². The first kappa shape index (κ1) is 14.1. The van der Waals surface area contributed by atoms with Crippen LogP contribution in [0, 0.1) is 0 Å². The third-order valence-corrected chi connectivity index (χ3v) is 3.10. The summed E-state index contributed by atoms with van der Waals surface area (Å²) in [5, 5.41) is 8.93. The van der Waals surface area contributed by atoms with Gasteiger partial charge in [0.05, 0.1) is 17.4 Å². The van der Waals surface area contributed by atoms with Crippen molar-refractivity contribution in [3.63, 3.8) is 0 Å². The fourth-order valence-corrected chi connectivity index (χ4v) is 1.93. The zero-order valence-electron chi connectivity index (χ0n) is 10.5. The minimum absolute atomic E-state index is 0.284. The minimum Gasteiger partial charge on any atom is -0.351 e. The molecule has 2 aromatic rings. The van der Waals surface area contributed by atoms with E-state index in [0.29, 0.717) is 29.2 Å². The lowest BCUT2D eigenvalue weighted by molar-refractivity contribution is 0.0955. The van der Waals surface area contributed by atoms with Crippen molar-refractivity contribution < 1.29 is 9.59 Å². The van der Waals surface area contributed by atoms with Crippen molar-refractivity contribution >= 4 is 29.0 Å². The molecular weight excluding hydrogens is 278 g/mol. The van der Waals surface area contributed by atoms with Gasteiger partial charge >= 0.3 is 0 Å². The fraction of sp³-hybridized carbons (Fsp3) is 0.167. The van der Waals surface area contributed by atoms with Crippen LogP contribution in [0.4, 0.5) is 5.69 Å². The number of rotatable bonds is 5. The van der Waals surface area contributed by atoms with Gasteiger partial charge in [0.2, 0.25) is 0 Å². The van der Waals surface area contributed by atoms with E-state index >= 15 is 0 Å². The summed E-state index contributed by atoms with van der Waals surface area (Å²) < 4.78 is 3.62. The molecule has 0 atom stereocenters. The number of amides is 2. The molecule has 2 amide bonds. The predicted octanol–water partition coefficient (Wildman–Crippen LogP) is 0.479. The standard InChI is InChI=1S/C12H13N5O2S/c13-5-6-14-11(18)8-3-1-2-4-9(8)16-12(19)10-7-15-17-20-10/h1-4,7H,5-6,13H2,(H,14,18)(H,16,19). The highest BCUT2D eigenvalue weighted by Crippen LogP contribution is 2.16. The van der Waals surface area contributed by atoms with Crippen LogP contribution >= 0.6 is 11.5 Å². The molecule has 20 heavy (non-hydrogen) atoms. The predicted molar refractivity (Wildman–Crippen MR) is 75.7 cm³/mol. The van der Waals surface area contributed by atoms with Crippen molar-refractivity contribution in [3.05, 3.63) is 40.9 Å². The van der Waals surface area contributed by atoms with Crippen molar-refractivity contribution in [3.8, 4) is 0 Å². The van der Waals surface area contributed by atoms with Gasteiger partial charge in [0.25, 0.3) is 11.8 Å². The van der Waals surface area contributed by atoms with Gasteiger partial charge < -0.3 is 16.4 Å². The molecule has 4 N–H and O–H groups in total. The summed E-state index contributed by atoms with van der Waals surface area (Å²) in [4.78, 5) is 24.3. The lowest BCUT2D eigenvalue weighted by Gasteiger charge is -2.10. The Balaban J connectivity index is 2.15. The van der Waals surface area contributed by atoms with Gasteiger partial charge in [-0.2, -0.15) is 0 Å². The van der Waals surface area contributed by atoms with E-state index in [1.807, 2.05) is 0 Å². The van der Waals surface area contributed by atoms with E-state index in [0.717, 1.165) is 11.5 Å². The molecule has 1 aromatic carbocycles. The Labute approximate surface area is 119 Å². The quantitative estimate of drug-likeness (QED) is 0.742. The van der Waals surface area contributed by atoms with Crippen molar-refractivity contribution in [1.29, 1.82) is 0 Å². The number of aromatic nitrogens is 2. The second-order valence-electron chi connectivity index (χ2n) is 3.83. The molecule has 104 valence electrons. The van der Waals surface area contributed by atoms with E-state index in [1.54, 1.807) is 24.3 Å². The Morgan fingerprint density at radius 1 is 1.25 bits per heavy atom. The molecule has 0 radical (unpaired) electrons. The molecule has 0 saturated carbocycles. The summed E-state index contributed by atoms with van der Waals surface area (Å²) in [7, 11) is 0. The maximum absolute atomic E-state index is 12.0. The molecule has 0 aliphatic heterocycles. The fourth-order valence-electron chi connectivity index (χ4n) is 1.52. The molecule has 0 bridgehead atoms. The molecule has 8 heteroatoms. The molecular formula is C12H13N5O2S. The number of carbonyl (C=O) groups excluding carboxylic acids is 2. The molecule has 1 heterocycles. The number of carbonyl (C=O) groups is 2. The normalized spacial score (nSPS) is 10.1. The van der Waals surface area contributed by atoms with Gasteiger partial charge in [0.1, 0.15) is 4.88 Å². The second kappa shape index (κ2) is 6.73. The lowest BCUT2D eigenvalue weighted by Crippen LogP contribution is -2.29. The van der Waals surface area contributed by atoms with Crippen LogP contribution in [-0.2, 0) is 0 Å². The van der Waals surface area contributed by atoms with E-state index in [9.17, 15) is 9.59 Å². The van der Waals surface area contributed by atoms with Crippen LogP contribution in [0.5, 0.6) is 0 Å². The third kappa shape index (κ3) is 3.37. The number of benzene rings is 1. The molecule has 7 nitrogen and oxygen atoms in total. The first-order chi connectivity index (χ1) is 9.72. The monoisotopic (exact) mass is 291 g/mol. The molecule has 1 aromatic heterocycles. The van der Waals surface area contributed by atoms with E-state index in [4.69, 9.17) is 5.73 Å². The van der Waals surface area contributed by atoms with Crippen molar-refractivity contribution in [1.82, 2.24) is 14.9 Å². The number of para-hydroxylation sites is 1. The first-order valence-corrected chi connectivity index (χ1v) is 6.65.